The molecule has 98 valence electrons. The number of nitrogens with zero attached hydrogens (tertiary/aromatic N) is 1. The SMILES string of the molecule is COc1cc(C(N)=O)ccc1OCc1ccccn1. The molecule has 0 aliphatic carbocycles. The van der Waals surface area contributed by atoms with Gasteiger partial charge in [-0.1, -0.05) is 6.07 Å². The lowest BCUT2D eigenvalue weighted by Crippen LogP contribution is -2.11. The first-order valence-electron chi connectivity index (χ1n) is 5.71. The summed E-state index contributed by atoms with van der Waals surface area (Å²) >= 11 is 0. The molecule has 0 spiro atoms. The van der Waals surface area contributed by atoms with Gasteiger partial charge >= 0.3 is 0 Å². The second-order valence-corrected chi connectivity index (χ2v) is 3.84. The predicted octanol–water partition coefficient (Wildman–Crippen LogP) is 1.77. The van der Waals surface area contributed by atoms with Crippen LogP contribution < -0.4 is 15.2 Å². The van der Waals surface area contributed by atoms with Crippen molar-refractivity contribution in [1.29, 1.82) is 0 Å². The van der Waals surface area contributed by atoms with Crippen LogP contribution in [0.25, 0.3) is 0 Å². The number of aromatic nitrogens is 1. The molecule has 0 saturated carbocycles. The summed E-state index contributed by atoms with van der Waals surface area (Å²) in [5.41, 5.74) is 6.39. The lowest BCUT2D eigenvalue weighted by atomic mass is 10.2. The monoisotopic (exact) mass is 258 g/mol. The van der Waals surface area contributed by atoms with Crippen molar-refractivity contribution in [2.24, 2.45) is 5.73 Å². The van der Waals surface area contributed by atoms with Gasteiger partial charge in [-0.25, -0.2) is 0 Å². The molecule has 19 heavy (non-hydrogen) atoms. The molecular weight excluding hydrogens is 244 g/mol. The Bertz CT molecular complexity index is 570. The minimum absolute atomic E-state index is 0.327. The van der Waals surface area contributed by atoms with Gasteiger partial charge in [0.1, 0.15) is 6.61 Å². The van der Waals surface area contributed by atoms with E-state index in [-0.39, 0.29) is 0 Å². The van der Waals surface area contributed by atoms with Crippen molar-refractivity contribution in [3.8, 4) is 11.5 Å². The fourth-order valence-electron chi connectivity index (χ4n) is 1.58. The number of pyridine rings is 1. The van der Waals surface area contributed by atoms with Crippen molar-refractivity contribution in [1.82, 2.24) is 4.98 Å². The Morgan fingerprint density at radius 3 is 2.74 bits per heavy atom. The second kappa shape index (κ2) is 5.86. The maximum absolute atomic E-state index is 11.1. The van der Waals surface area contributed by atoms with Crippen LogP contribution in [0.3, 0.4) is 0 Å². The minimum atomic E-state index is -0.505. The van der Waals surface area contributed by atoms with Crippen LogP contribution in [-0.2, 0) is 6.61 Å². The van der Waals surface area contributed by atoms with Crippen molar-refractivity contribution in [2.45, 2.75) is 6.61 Å². The summed E-state index contributed by atoms with van der Waals surface area (Å²) in [7, 11) is 1.51. The zero-order valence-electron chi connectivity index (χ0n) is 10.5. The van der Waals surface area contributed by atoms with Gasteiger partial charge in [0.05, 0.1) is 12.8 Å². The van der Waals surface area contributed by atoms with E-state index in [2.05, 4.69) is 4.98 Å². The molecule has 5 heteroatoms. The number of methoxy groups -OCH3 is 1. The molecule has 1 heterocycles. The number of hydrogen-bond donors (Lipinski definition) is 1. The van der Waals surface area contributed by atoms with Crippen molar-refractivity contribution >= 4 is 5.91 Å². The highest BCUT2D eigenvalue weighted by Gasteiger charge is 2.09. The first-order chi connectivity index (χ1) is 9.20. The van der Waals surface area contributed by atoms with E-state index in [1.807, 2.05) is 18.2 Å². The first kappa shape index (κ1) is 12.9. The highest BCUT2D eigenvalue weighted by atomic mass is 16.5. The van der Waals surface area contributed by atoms with Crippen LogP contribution in [0.1, 0.15) is 16.1 Å². The van der Waals surface area contributed by atoms with Crippen LogP contribution in [0.4, 0.5) is 0 Å². The van der Waals surface area contributed by atoms with Gasteiger partial charge < -0.3 is 15.2 Å². The highest BCUT2D eigenvalue weighted by Crippen LogP contribution is 2.28. The lowest BCUT2D eigenvalue weighted by molar-refractivity contribution is 0.1000. The molecule has 2 rings (SSSR count). The maximum Gasteiger partial charge on any atom is 0.248 e. The van der Waals surface area contributed by atoms with Crippen molar-refractivity contribution in [3.63, 3.8) is 0 Å². The van der Waals surface area contributed by atoms with Crippen LogP contribution in [0.15, 0.2) is 42.6 Å². The number of amides is 1. The van der Waals surface area contributed by atoms with Crippen molar-refractivity contribution in [3.05, 3.63) is 53.9 Å². The second-order valence-electron chi connectivity index (χ2n) is 3.84. The third-order valence-corrected chi connectivity index (χ3v) is 2.55. The molecule has 0 aliphatic rings. The molecule has 0 aliphatic heterocycles. The van der Waals surface area contributed by atoms with E-state index < -0.39 is 5.91 Å². The van der Waals surface area contributed by atoms with E-state index >= 15 is 0 Å². The Morgan fingerprint density at radius 1 is 1.26 bits per heavy atom. The van der Waals surface area contributed by atoms with Gasteiger partial charge in [-0.2, -0.15) is 0 Å². The normalized spacial score (nSPS) is 9.95. The van der Waals surface area contributed by atoms with Gasteiger partial charge in [-0.15, -0.1) is 0 Å². The van der Waals surface area contributed by atoms with E-state index in [1.165, 1.54) is 7.11 Å². The quantitative estimate of drug-likeness (QED) is 0.886. The molecular formula is C14H14N2O3. The summed E-state index contributed by atoms with van der Waals surface area (Å²) in [6.45, 7) is 0.327. The summed E-state index contributed by atoms with van der Waals surface area (Å²) in [5, 5.41) is 0. The third-order valence-electron chi connectivity index (χ3n) is 2.55. The van der Waals surface area contributed by atoms with E-state index in [4.69, 9.17) is 15.2 Å². The summed E-state index contributed by atoms with van der Waals surface area (Å²) in [5.74, 6) is 0.500. The smallest absolute Gasteiger partial charge is 0.248 e. The molecule has 0 fully saturated rings. The van der Waals surface area contributed by atoms with Crippen LogP contribution >= 0.6 is 0 Å². The molecule has 1 aromatic carbocycles. The standard InChI is InChI=1S/C14H14N2O3/c1-18-13-8-10(14(15)17)5-6-12(13)19-9-11-4-2-3-7-16-11/h2-8H,9H2,1H3,(H2,15,17). The number of primary amides is 1. The lowest BCUT2D eigenvalue weighted by Gasteiger charge is -2.11. The van der Waals surface area contributed by atoms with E-state index in [1.54, 1.807) is 24.4 Å². The van der Waals surface area contributed by atoms with Gasteiger partial charge in [0.25, 0.3) is 0 Å². The van der Waals surface area contributed by atoms with Gasteiger partial charge in [0, 0.05) is 11.8 Å². The number of rotatable bonds is 5. The largest absolute Gasteiger partial charge is 0.493 e. The molecule has 0 unspecified atom stereocenters. The average molecular weight is 258 g/mol. The number of hydrogen-bond acceptors (Lipinski definition) is 4. The molecule has 0 saturated heterocycles. The van der Waals surface area contributed by atoms with E-state index in [0.29, 0.717) is 23.7 Å². The van der Waals surface area contributed by atoms with E-state index in [0.717, 1.165) is 5.69 Å². The van der Waals surface area contributed by atoms with Crippen molar-refractivity contribution < 1.29 is 14.3 Å². The highest BCUT2D eigenvalue weighted by molar-refractivity contribution is 5.93. The fourth-order valence-corrected chi connectivity index (χ4v) is 1.58. The maximum atomic E-state index is 11.1. The first-order valence-corrected chi connectivity index (χ1v) is 5.71. The molecule has 2 aromatic rings. The Balaban J connectivity index is 2.14. The number of carbonyl (C=O) groups is 1. The van der Waals surface area contributed by atoms with Crippen LogP contribution in [0.2, 0.25) is 0 Å². The summed E-state index contributed by atoms with van der Waals surface area (Å²) in [6, 6.07) is 10.4. The Morgan fingerprint density at radius 2 is 2.11 bits per heavy atom. The van der Waals surface area contributed by atoms with Crippen LogP contribution in [0, 0.1) is 0 Å². The fraction of sp³-hybridized carbons (Fsp3) is 0.143. The number of benzene rings is 1. The van der Waals surface area contributed by atoms with Gasteiger partial charge in [-0.05, 0) is 30.3 Å². The predicted molar refractivity (Wildman–Crippen MR) is 70.1 cm³/mol. The Kier molecular flexibility index (Phi) is 3.97. The van der Waals surface area contributed by atoms with E-state index in [9.17, 15) is 4.79 Å². The zero-order chi connectivity index (χ0) is 13.7. The minimum Gasteiger partial charge on any atom is -0.493 e. The molecule has 1 aromatic heterocycles. The molecule has 5 nitrogen and oxygen atoms in total. The zero-order valence-corrected chi connectivity index (χ0v) is 10.5. The molecule has 1 amide bonds. The van der Waals surface area contributed by atoms with Gasteiger partial charge in [0.2, 0.25) is 5.91 Å². The van der Waals surface area contributed by atoms with Gasteiger partial charge in [0.15, 0.2) is 11.5 Å². The summed E-state index contributed by atoms with van der Waals surface area (Å²) < 4.78 is 10.8. The van der Waals surface area contributed by atoms with Crippen molar-refractivity contribution in [2.75, 3.05) is 7.11 Å². The molecule has 0 radical (unpaired) electrons. The number of nitrogens with two attached hydrogens (primary N) is 1. The third kappa shape index (κ3) is 3.22. The molecule has 0 atom stereocenters. The summed E-state index contributed by atoms with van der Waals surface area (Å²) in [6.07, 6.45) is 1.70. The molecule has 0 bridgehead atoms. The number of carbonyl (C=O) groups excluding carboxylic acids is 1. The molecule has 2 N–H and O–H groups in total. The average Bonchev–Trinajstić information content (AvgIpc) is 2.45. The Labute approximate surface area is 111 Å². The number of ether oxygens (including phenoxy) is 2. The van der Waals surface area contributed by atoms with Gasteiger partial charge in [-0.3, -0.25) is 9.78 Å². The summed E-state index contributed by atoms with van der Waals surface area (Å²) in [4.78, 5) is 15.2. The van der Waals surface area contributed by atoms with Crippen LogP contribution in [0.5, 0.6) is 11.5 Å². The topological polar surface area (TPSA) is 74.4 Å². The Hall–Kier alpha value is -2.56. The van der Waals surface area contributed by atoms with Crippen LogP contribution in [-0.4, -0.2) is 18.0 Å².